The molecule has 11 atom stereocenters. The number of hydrogen-bond donors (Lipinski definition) is 7. The molecule has 0 radical (unpaired) electrons. The first-order chi connectivity index (χ1) is 14.8. The number of ether oxygens (including phenoxy) is 3. The maximum absolute atomic E-state index is 10.5. The van der Waals surface area contributed by atoms with Gasteiger partial charge in [0.15, 0.2) is 6.29 Å². The predicted molar refractivity (Wildman–Crippen MR) is 105 cm³/mol. The zero-order valence-electron chi connectivity index (χ0n) is 17.5. The van der Waals surface area contributed by atoms with Crippen LogP contribution in [0.3, 0.4) is 0 Å². The van der Waals surface area contributed by atoms with E-state index in [1.54, 1.807) is 0 Å². The summed E-state index contributed by atoms with van der Waals surface area (Å²) in [4.78, 5) is 0. The Hall–Kier alpha value is -0.400. The lowest BCUT2D eigenvalue weighted by molar-refractivity contribution is -0.332. The first-order valence-corrected chi connectivity index (χ1v) is 11.4. The van der Waals surface area contributed by atoms with Crippen molar-refractivity contribution in [3.63, 3.8) is 0 Å². The van der Waals surface area contributed by atoms with Crippen LogP contribution in [0.2, 0.25) is 0 Å². The van der Waals surface area contributed by atoms with Gasteiger partial charge in [0.05, 0.1) is 43.2 Å². The SMILES string of the molecule is OC[C@H]1O[C@H](OC2CC3C(O)CC(O)CC3OC2C2CCC(O)CC2)[C@H](O)[C@@H](O)[C@H]1O. The maximum atomic E-state index is 10.5. The predicted octanol–water partition coefficient (Wildman–Crippen LogP) is -1.99. The molecule has 0 amide bonds. The van der Waals surface area contributed by atoms with E-state index in [0.29, 0.717) is 25.7 Å². The van der Waals surface area contributed by atoms with E-state index in [1.807, 2.05) is 0 Å². The molecule has 0 aromatic rings. The third-order valence-electron chi connectivity index (χ3n) is 7.56. The quantitative estimate of drug-likeness (QED) is 0.256. The van der Waals surface area contributed by atoms with Crippen molar-refractivity contribution < 1.29 is 50.0 Å². The summed E-state index contributed by atoms with van der Waals surface area (Å²) in [7, 11) is 0. The molecule has 10 nitrogen and oxygen atoms in total. The number of aliphatic hydroxyl groups is 7. The summed E-state index contributed by atoms with van der Waals surface area (Å²) >= 11 is 0. The Labute approximate surface area is 181 Å². The number of fused-ring (bicyclic) bond motifs is 1. The Balaban J connectivity index is 1.52. The van der Waals surface area contributed by atoms with Gasteiger partial charge < -0.3 is 50.0 Å². The van der Waals surface area contributed by atoms with E-state index in [4.69, 9.17) is 14.2 Å². The van der Waals surface area contributed by atoms with Gasteiger partial charge in [-0.15, -0.1) is 0 Å². The van der Waals surface area contributed by atoms with Crippen molar-refractivity contribution >= 4 is 0 Å². The number of aliphatic hydroxyl groups excluding tert-OH is 7. The maximum Gasteiger partial charge on any atom is 0.187 e. The van der Waals surface area contributed by atoms with Gasteiger partial charge in [-0.05, 0) is 50.9 Å². The lowest BCUT2D eigenvalue weighted by Gasteiger charge is -2.50. The molecule has 6 unspecified atom stereocenters. The minimum absolute atomic E-state index is 0.0930. The first kappa shape index (κ1) is 23.7. The topological polar surface area (TPSA) is 169 Å². The molecule has 4 fully saturated rings. The van der Waals surface area contributed by atoms with Gasteiger partial charge in [-0.2, -0.15) is 0 Å². The van der Waals surface area contributed by atoms with E-state index in [9.17, 15) is 35.7 Å². The number of hydrogen-bond acceptors (Lipinski definition) is 10. The van der Waals surface area contributed by atoms with Crippen LogP contribution in [0.25, 0.3) is 0 Å². The van der Waals surface area contributed by atoms with Crippen LogP contribution in [0.4, 0.5) is 0 Å². The van der Waals surface area contributed by atoms with Crippen molar-refractivity contribution in [3.05, 3.63) is 0 Å². The normalized spacial score (nSPS) is 53.7. The van der Waals surface area contributed by atoms with E-state index in [0.717, 1.165) is 12.8 Å². The zero-order valence-corrected chi connectivity index (χ0v) is 17.5. The summed E-state index contributed by atoms with van der Waals surface area (Å²) in [6.45, 7) is -0.544. The highest BCUT2D eigenvalue weighted by Crippen LogP contribution is 2.43. The minimum atomic E-state index is -1.54. The minimum Gasteiger partial charge on any atom is -0.394 e. The highest BCUT2D eigenvalue weighted by Gasteiger charge is 2.51. The Kier molecular flexibility index (Phi) is 7.54. The monoisotopic (exact) mass is 448 g/mol. The van der Waals surface area contributed by atoms with Gasteiger partial charge in [0, 0.05) is 5.92 Å². The Morgan fingerprint density at radius 2 is 1.45 bits per heavy atom. The van der Waals surface area contributed by atoms with E-state index in [-0.39, 0.29) is 30.5 Å². The Morgan fingerprint density at radius 3 is 2.13 bits per heavy atom. The summed E-state index contributed by atoms with van der Waals surface area (Å²) in [5, 5.41) is 70.5. The van der Waals surface area contributed by atoms with Crippen molar-refractivity contribution in [1.29, 1.82) is 0 Å². The van der Waals surface area contributed by atoms with E-state index in [2.05, 4.69) is 0 Å². The first-order valence-electron chi connectivity index (χ1n) is 11.4. The molecule has 0 aromatic carbocycles. The van der Waals surface area contributed by atoms with Crippen molar-refractivity contribution in [1.82, 2.24) is 0 Å². The average molecular weight is 449 g/mol. The molecule has 180 valence electrons. The van der Waals surface area contributed by atoms with Gasteiger partial charge >= 0.3 is 0 Å². The highest BCUT2D eigenvalue weighted by molar-refractivity contribution is 4.98. The summed E-state index contributed by atoms with van der Waals surface area (Å²) in [5.41, 5.74) is 0. The molecule has 0 bridgehead atoms. The fraction of sp³-hybridized carbons (Fsp3) is 1.00. The summed E-state index contributed by atoms with van der Waals surface area (Å²) < 4.78 is 18.0. The highest BCUT2D eigenvalue weighted by atomic mass is 16.7. The van der Waals surface area contributed by atoms with Crippen molar-refractivity contribution in [2.45, 2.75) is 112 Å². The molecule has 0 spiro atoms. The van der Waals surface area contributed by atoms with Gasteiger partial charge in [0.1, 0.15) is 24.4 Å². The van der Waals surface area contributed by atoms with Crippen LogP contribution in [-0.2, 0) is 14.2 Å². The molecule has 0 aromatic heterocycles. The summed E-state index contributed by atoms with van der Waals surface area (Å²) in [5.74, 6) is -0.154. The Bertz CT molecular complexity index is 583. The molecule has 2 saturated heterocycles. The average Bonchev–Trinajstić information content (AvgIpc) is 2.74. The third-order valence-corrected chi connectivity index (χ3v) is 7.56. The van der Waals surface area contributed by atoms with E-state index < -0.39 is 61.7 Å². The fourth-order valence-corrected chi connectivity index (χ4v) is 5.73. The third kappa shape index (κ3) is 4.93. The second kappa shape index (κ2) is 9.84. The van der Waals surface area contributed by atoms with Gasteiger partial charge in [-0.25, -0.2) is 0 Å². The van der Waals surface area contributed by atoms with Gasteiger partial charge in [-0.1, -0.05) is 0 Å². The molecule has 4 rings (SSSR count). The van der Waals surface area contributed by atoms with Crippen LogP contribution in [0.15, 0.2) is 0 Å². The van der Waals surface area contributed by atoms with Gasteiger partial charge in [0.25, 0.3) is 0 Å². The molecule has 2 aliphatic heterocycles. The molecule has 2 aliphatic carbocycles. The van der Waals surface area contributed by atoms with Crippen LogP contribution in [0.5, 0.6) is 0 Å². The van der Waals surface area contributed by atoms with E-state index >= 15 is 0 Å². The lowest BCUT2D eigenvalue weighted by atomic mass is 9.73. The smallest absolute Gasteiger partial charge is 0.187 e. The molecule has 2 heterocycles. The Morgan fingerprint density at radius 1 is 0.742 bits per heavy atom. The second-order valence-corrected chi connectivity index (χ2v) is 9.67. The van der Waals surface area contributed by atoms with Gasteiger partial charge in [0.2, 0.25) is 0 Å². The van der Waals surface area contributed by atoms with Crippen molar-refractivity contribution in [2.75, 3.05) is 6.61 Å². The zero-order chi connectivity index (χ0) is 22.3. The summed E-state index contributed by atoms with van der Waals surface area (Å²) in [6, 6.07) is 0. The standard InChI is InChI=1S/C21H36O10/c22-8-16-17(26)18(27)19(28)21(31-16)30-15-7-12-13(25)5-11(24)6-14(12)29-20(15)9-1-3-10(23)4-2-9/h9-28H,1-8H2/t9?,10?,11?,12?,13?,14?,15?,16-,17+,18+,19-,20?,21+/m1/s1. The van der Waals surface area contributed by atoms with Crippen molar-refractivity contribution in [3.8, 4) is 0 Å². The fourth-order valence-electron chi connectivity index (χ4n) is 5.73. The lowest BCUT2D eigenvalue weighted by Crippen LogP contribution is -2.62. The van der Waals surface area contributed by atoms with Crippen LogP contribution in [0.1, 0.15) is 44.9 Å². The largest absolute Gasteiger partial charge is 0.394 e. The van der Waals surface area contributed by atoms with Crippen LogP contribution >= 0.6 is 0 Å². The van der Waals surface area contributed by atoms with E-state index in [1.165, 1.54) is 0 Å². The molecule has 4 aliphatic rings. The molecular weight excluding hydrogens is 412 g/mol. The molecule has 2 saturated carbocycles. The van der Waals surface area contributed by atoms with Crippen molar-refractivity contribution in [2.24, 2.45) is 11.8 Å². The summed E-state index contributed by atoms with van der Waals surface area (Å²) in [6.07, 6.45) is -5.94. The van der Waals surface area contributed by atoms with Crippen LogP contribution < -0.4 is 0 Å². The van der Waals surface area contributed by atoms with Gasteiger partial charge in [-0.3, -0.25) is 0 Å². The molecule has 10 heteroatoms. The molecular formula is C21H36O10. The van der Waals surface area contributed by atoms with Crippen LogP contribution in [-0.4, -0.2) is 110 Å². The second-order valence-electron chi connectivity index (χ2n) is 9.67. The number of rotatable bonds is 4. The molecule has 31 heavy (non-hydrogen) atoms. The van der Waals surface area contributed by atoms with Crippen LogP contribution in [0, 0.1) is 11.8 Å². The molecule has 7 N–H and O–H groups in total.